The first kappa shape index (κ1) is 23.3. The van der Waals surface area contributed by atoms with Gasteiger partial charge in [0.1, 0.15) is 5.82 Å². The van der Waals surface area contributed by atoms with Crippen LogP contribution in [-0.2, 0) is 14.8 Å². The Hall–Kier alpha value is -3.83. The van der Waals surface area contributed by atoms with Gasteiger partial charge >= 0.3 is 5.97 Å². The van der Waals surface area contributed by atoms with Crippen LogP contribution >= 0.6 is 11.3 Å². The summed E-state index contributed by atoms with van der Waals surface area (Å²) in [6.45, 7) is 1.97. The average molecular weight is 500 g/mol. The molecule has 1 amide bonds. The maximum atomic E-state index is 13.2. The van der Waals surface area contributed by atoms with Crippen molar-refractivity contribution in [3.63, 3.8) is 0 Å². The molecule has 174 valence electrons. The molecule has 1 heterocycles. The van der Waals surface area contributed by atoms with Crippen LogP contribution in [0.4, 0.5) is 15.2 Å². The molecule has 0 unspecified atom stereocenters. The van der Waals surface area contributed by atoms with Crippen molar-refractivity contribution in [2.24, 2.45) is 0 Å². The number of anilines is 2. The van der Waals surface area contributed by atoms with E-state index in [9.17, 15) is 22.4 Å². The first-order valence-corrected chi connectivity index (χ1v) is 12.3. The Labute approximate surface area is 198 Å². The Morgan fingerprint density at radius 3 is 2.53 bits per heavy atom. The lowest BCUT2D eigenvalue weighted by Gasteiger charge is -2.12. The molecule has 0 saturated heterocycles. The van der Waals surface area contributed by atoms with Crippen molar-refractivity contribution in [1.29, 1.82) is 0 Å². The molecule has 0 bridgehead atoms. The van der Waals surface area contributed by atoms with Gasteiger partial charge in [-0.1, -0.05) is 23.5 Å². The van der Waals surface area contributed by atoms with Crippen LogP contribution in [0.25, 0.3) is 10.2 Å². The molecule has 11 heteroatoms. The maximum Gasteiger partial charge on any atom is 0.338 e. The van der Waals surface area contributed by atoms with Gasteiger partial charge in [-0.15, -0.1) is 0 Å². The van der Waals surface area contributed by atoms with E-state index in [4.69, 9.17) is 4.74 Å². The quantitative estimate of drug-likeness (QED) is 0.357. The van der Waals surface area contributed by atoms with Crippen molar-refractivity contribution >= 4 is 54.3 Å². The second-order valence-corrected chi connectivity index (χ2v) is 9.69. The van der Waals surface area contributed by atoms with Crippen LogP contribution in [0.15, 0.2) is 71.6 Å². The van der Waals surface area contributed by atoms with E-state index in [1.807, 2.05) is 0 Å². The highest BCUT2D eigenvalue weighted by molar-refractivity contribution is 7.92. The van der Waals surface area contributed by atoms with Crippen LogP contribution < -0.4 is 10.0 Å². The lowest BCUT2D eigenvalue weighted by Crippen LogP contribution is -2.18. The van der Waals surface area contributed by atoms with Crippen molar-refractivity contribution < 1.29 is 27.1 Å². The number of benzene rings is 3. The maximum absolute atomic E-state index is 13.2. The van der Waals surface area contributed by atoms with Gasteiger partial charge in [0, 0.05) is 0 Å². The highest BCUT2D eigenvalue weighted by Gasteiger charge is 2.20. The molecular formula is C23H18FN3O5S2. The topological polar surface area (TPSA) is 114 Å². The monoisotopic (exact) mass is 499 g/mol. The number of fused-ring (bicyclic) bond motifs is 1. The minimum atomic E-state index is -4.05. The second kappa shape index (κ2) is 9.57. The third-order valence-electron chi connectivity index (χ3n) is 4.66. The third-order valence-corrected chi connectivity index (χ3v) is 6.97. The van der Waals surface area contributed by atoms with E-state index >= 15 is 0 Å². The summed E-state index contributed by atoms with van der Waals surface area (Å²) in [4.78, 5) is 29.1. The number of nitrogens with zero attached hydrogens (tertiary/aromatic N) is 1. The third kappa shape index (κ3) is 5.05. The van der Waals surface area contributed by atoms with Crippen molar-refractivity contribution in [3.05, 3.63) is 83.7 Å². The fourth-order valence-corrected chi connectivity index (χ4v) is 5.05. The standard InChI is InChI=1S/C23H18FN3O5S2/c1-2-32-22(29)14-7-12-19-20(13-14)33-23(25-19)26-21(28)17-5-3-4-6-18(17)27-34(30,31)16-10-8-15(24)9-11-16/h3-13,27H,2H2,1H3,(H,25,26,28). The number of aromatic nitrogens is 1. The summed E-state index contributed by atoms with van der Waals surface area (Å²) < 4.78 is 46.6. The van der Waals surface area contributed by atoms with Gasteiger partial charge in [-0.05, 0) is 61.5 Å². The zero-order valence-corrected chi connectivity index (χ0v) is 19.4. The van der Waals surface area contributed by atoms with Crippen molar-refractivity contribution in [1.82, 2.24) is 4.98 Å². The molecule has 0 radical (unpaired) electrons. The minimum Gasteiger partial charge on any atom is -0.462 e. The Morgan fingerprint density at radius 2 is 1.79 bits per heavy atom. The summed E-state index contributed by atoms with van der Waals surface area (Å²) in [5, 5.41) is 2.94. The minimum absolute atomic E-state index is 0.0510. The lowest BCUT2D eigenvalue weighted by molar-refractivity contribution is 0.0526. The number of halogens is 1. The molecule has 4 rings (SSSR count). The predicted molar refractivity (Wildman–Crippen MR) is 127 cm³/mol. The van der Waals surface area contributed by atoms with Crippen molar-refractivity contribution in [3.8, 4) is 0 Å². The molecule has 0 aliphatic heterocycles. The van der Waals surface area contributed by atoms with Gasteiger partial charge in [-0.2, -0.15) is 0 Å². The number of carbonyl (C=O) groups excluding carboxylic acids is 2. The molecule has 8 nitrogen and oxygen atoms in total. The number of thiazole rings is 1. The molecule has 1 aromatic heterocycles. The van der Waals surface area contributed by atoms with E-state index in [-0.39, 0.29) is 27.9 Å². The molecule has 0 fully saturated rings. The molecule has 0 atom stereocenters. The van der Waals surface area contributed by atoms with Gasteiger partial charge < -0.3 is 4.74 Å². The lowest BCUT2D eigenvalue weighted by atomic mass is 10.2. The smallest absolute Gasteiger partial charge is 0.338 e. The molecule has 0 aliphatic rings. The average Bonchev–Trinajstić information content (AvgIpc) is 3.21. The second-order valence-electron chi connectivity index (χ2n) is 6.98. The largest absolute Gasteiger partial charge is 0.462 e. The van der Waals surface area contributed by atoms with Gasteiger partial charge in [0.25, 0.3) is 15.9 Å². The first-order chi connectivity index (χ1) is 16.3. The molecule has 0 aliphatic carbocycles. The van der Waals surface area contributed by atoms with Crippen molar-refractivity contribution in [2.75, 3.05) is 16.6 Å². The van der Waals surface area contributed by atoms with Gasteiger partial charge in [0.05, 0.1) is 38.5 Å². The van der Waals surface area contributed by atoms with E-state index in [0.29, 0.717) is 15.8 Å². The number of para-hydroxylation sites is 1. The Kier molecular flexibility index (Phi) is 6.57. The number of nitrogens with one attached hydrogen (secondary N) is 2. The van der Waals surface area contributed by atoms with E-state index in [0.717, 1.165) is 35.6 Å². The number of ether oxygens (including phenoxy) is 1. The number of hydrogen-bond donors (Lipinski definition) is 2. The number of esters is 1. The molecule has 34 heavy (non-hydrogen) atoms. The van der Waals surface area contributed by atoms with Crippen LogP contribution in [0, 0.1) is 5.82 Å². The van der Waals surface area contributed by atoms with Crippen LogP contribution in [0.5, 0.6) is 0 Å². The Balaban J connectivity index is 1.57. The molecule has 3 aromatic carbocycles. The molecule has 0 spiro atoms. The first-order valence-electron chi connectivity index (χ1n) is 10.0. The van der Waals surface area contributed by atoms with Gasteiger partial charge in [-0.3, -0.25) is 14.8 Å². The zero-order valence-electron chi connectivity index (χ0n) is 17.7. The fraction of sp³-hybridized carbons (Fsp3) is 0.0870. The number of amides is 1. The number of sulfonamides is 1. The van der Waals surface area contributed by atoms with E-state index < -0.39 is 27.7 Å². The zero-order chi connectivity index (χ0) is 24.3. The SMILES string of the molecule is CCOC(=O)c1ccc2nc(NC(=O)c3ccccc3NS(=O)(=O)c3ccc(F)cc3)sc2c1. The van der Waals surface area contributed by atoms with Crippen LogP contribution in [-0.4, -0.2) is 31.9 Å². The van der Waals surface area contributed by atoms with Gasteiger partial charge in [0.15, 0.2) is 5.13 Å². The number of hydrogen-bond acceptors (Lipinski definition) is 7. The number of rotatable bonds is 7. The summed E-state index contributed by atoms with van der Waals surface area (Å²) in [5.41, 5.74) is 1.07. The van der Waals surface area contributed by atoms with Crippen molar-refractivity contribution in [2.45, 2.75) is 11.8 Å². The summed E-state index contributed by atoms with van der Waals surface area (Å²) in [6.07, 6.45) is 0. The van der Waals surface area contributed by atoms with E-state index in [2.05, 4.69) is 15.0 Å². The summed E-state index contributed by atoms with van der Waals surface area (Å²) >= 11 is 1.16. The van der Waals surface area contributed by atoms with Crippen LogP contribution in [0.2, 0.25) is 0 Å². The molecule has 4 aromatic rings. The predicted octanol–water partition coefficient (Wildman–Crippen LogP) is 4.67. The van der Waals surface area contributed by atoms with Gasteiger partial charge in [0.2, 0.25) is 0 Å². The normalized spacial score (nSPS) is 11.2. The van der Waals surface area contributed by atoms with Gasteiger partial charge in [-0.25, -0.2) is 22.6 Å². The van der Waals surface area contributed by atoms with Crippen LogP contribution in [0.3, 0.4) is 0 Å². The van der Waals surface area contributed by atoms with E-state index in [1.54, 1.807) is 37.3 Å². The summed E-state index contributed by atoms with van der Waals surface area (Å²) in [7, 11) is -4.05. The Bertz CT molecular complexity index is 1480. The van der Waals surface area contributed by atoms with E-state index in [1.165, 1.54) is 12.1 Å². The fourth-order valence-electron chi connectivity index (χ4n) is 3.07. The molecular weight excluding hydrogens is 481 g/mol. The molecule has 0 saturated carbocycles. The molecule has 2 N–H and O–H groups in total. The highest BCUT2D eigenvalue weighted by Crippen LogP contribution is 2.28. The summed E-state index contributed by atoms with van der Waals surface area (Å²) in [6, 6.07) is 15.3. The summed E-state index contributed by atoms with van der Waals surface area (Å²) in [5.74, 6) is -1.60. The highest BCUT2D eigenvalue weighted by atomic mass is 32.2. The van der Waals surface area contributed by atoms with Crippen LogP contribution in [0.1, 0.15) is 27.6 Å². The Morgan fingerprint density at radius 1 is 1.06 bits per heavy atom. The number of carbonyl (C=O) groups is 2.